The summed E-state index contributed by atoms with van der Waals surface area (Å²) in [5.41, 5.74) is 2.90. The average molecular weight is 386 g/mol. The molecule has 2 amide bonds. The van der Waals surface area contributed by atoms with Crippen LogP contribution in [0.15, 0.2) is 18.2 Å². The zero-order valence-electron chi connectivity index (χ0n) is 16.9. The van der Waals surface area contributed by atoms with Gasteiger partial charge in [-0.1, -0.05) is 17.2 Å². The Bertz CT molecular complexity index is 727. The Balaban J connectivity index is 1.38. The third-order valence-electron chi connectivity index (χ3n) is 6.18. The molecule has 3 fully saturated rings. The number of rotatable bonds is 2. The van der Waals surface area contributed by atoms with Crippen molar-refractivity contribution in [2.75, 3.05) is 39.4 Å². The highest BCUT2D eigenvalue weighted by molar-refractivity contribution is 5.95. The molecule has 0 radical (unpaired) electrons. The predicted octanol–water partition coefficient (Wildman–Crippen LogP) is 2.52. The Morgan fingerprint density at radius 2 is 1.61 bits per heavy atom. The third kappa shape index (κ3) is 3.94. The topological polar surface area (TPSA) is 59.1 Å². The van der Waals surface area contributed by atoms with Gasteiger partial charge in [-0.3, -0.25) is 9.59 Å². The molecule has 1 unspecified atom stereocenters. The van der Waals surface area contributed by atoms with Gasteiger partial charge < -0.3 is 19.3 Å². The van der Waals surface area contributed by atoms with Crippen molar-refractivity contribution in [1.82, 2.24) is 9.80 Å². The number of likely N-dealkylation sites (tertiary alicyclic amines) is 2. The highest BCUT2D eigenvalue weighted by atomic mass is 16.7. The monoisotopic (exact) mass is 386 g/mol. The highest BCUT2D eigenvalue weighted by Gasteiger charge is 2.42. The van der Waals surface area contributed by atoms with Crippen molar-refractivity contribution in [3.63, 3.8) is 0 Å². The van der Waals surface area contributed by atoms with Crippen molar-refractivity contribution in [1.29, 1.82) is 0 Å². The quantitative estimate of drug-likeness (QED) is 0.784. The maximum absolute atomic E-state index is 13.1. The molecule has 0 aliphatic carbocycles. The molecule has 1 aromatic rings. The second kappa shape index (κ2) is 7.84. The zero-order chi connectivity index (χ0) is 19.7. The minimum atomic E-state index is -0.464. The normalized spacial score (nSPS) is 24.6. The maximum Gasteiger partial charge on any atom is 0.253 e. The molecule has 4 rings (SSSR count). The summed E-state index contributed by atoms with van der Waals surface area (Å²) in [6.45, 7) is 7.87. The summed E-state index contributed by atoms with van der Waals surface area (Å²) in [6, 6.07) is 5.94. The summed E-state index contributed by atoms with van der Waals surface area (Å²) >= 11 is 0. The van der Waals surface area contributed by atoms with E-state index >= 15 is 0 Å². The van der Waals surface area contributed by atoms with E-state index < -0.39 is 5.79 Å². The van der Waals surface area contributed by atoms with Crippen molar-refractivity contribution in [3.05, 3.63) is 34.9 Å². The molecule has 152 valence electrons. The molecule has 3 aliphatic rings. The van der Waals surface area contributed by atoms with E-state index in [-0.39, 0.29) is 17.7 Å². The fraction of sp³-hybridized carbons (Fsp3) is 0.636. The van der Waals surface area contributed by atoms with E-state index in [1.165, 1.54) is 0 Å². The molecule has 0 bridgehead atoms. The number of amides is 2. The number of benzene rings is 1. The van der Waals surface area contributed by atoms with Crippen LogP contribution < -0.4 is 0 Å². The van der Waals surface area contributed by atoms with Crippen LogP contribution in [0.4, 0.5) is 0 Å². The van der Waals surface area contributed by atoms with Gasteiger partial charge in [0.1, 0.15) is 0 Å². The first kappa shape index (κ1) is 19.4. The molecule has 6 heteroatoms. The van der Waals surface area contributed by atoms with E-state index in [0.29, 0.717) is 32.8 Å². The van der Waals surface area contributed by atoms with Crippen LogP contribution in [0.2, 0.25) is 0 Å². The SMILES string of the molecule is Cc1cc(C)cc(C(=O)N2CCCC(C(=O)N3CCC4(CC3)OCCO4)C2)c1. The number of hydrogen-bond acceptors (Lipinski definition) is 4. The van der Waals surface area contributed by atoms with Gasteiger partial charge in [-0.25, -0.2) is 0 Å². The third-order valence-corrected chi connectivity index (χ3v) is 6.18. The first-order valence-electron chi connectivity index (χ1n) is 10.4. The van der Waals surface area contributed by atoms with Crippen molar-refractivity contribution in [2.24, 2.45) is 5.92 Å². The van der Waals surface area contributed by atoms with Crippen LogP contribution in [-0.2, 0) is 14.3 Å². The van der Waals surface area contributed by atoms with Crippen molar-refractivity contribution >= 4 is 11.8 Å². The Hall–Kier alpha value is -1.92. The Kier molecular flexibility index (Phi) is 5.43. The fourth-order valence-corrected chi connectivity index (χ4v) is 4.76. The lowest BCUT2D eigenvalue weighted by atomic mass is 9.94. The van der Waals surface area contributed by atoms with Crippen molar-refractivity contribution in [3.8, 4) is 0 Å². The number of nitrogens with zero attached hydrogens (tertiary/aromatic N) is 2. The van der Waals surface area contributed by atoms with Crippen molar-refractivity contribution in [2.45, 2.75) is 45.3 Å². The molecule has 1 aromatic carbocycles. The van der Waals surface area contributed by atoms with Gasteiger partial charge in [-0.2, -0.15) is 0 Å². The van der Waals surface area contributed by atoms with Crippen LogP contribution in [0.3, 0.4) is 0 Å². The summed E-state index contributed by atoms with van der Waals surface area (Å²) in [7, 11) is 0. The Morgan fingerprint density at radius 1 is 0.964 bits per heavy atom. The van der Waals surface area contributed by atoms with Crippen LogP contribution >= 0.6 is 0 Å². The zero-order valence-corrected chi connectivity index (χ0v) is 16.9. The van der Waals surface area contributed by atoms with Gasteiger partial charge in [-0.15, -0.1) is 0 Å². The number of piperidine rings is 2. The van der Waals surface area contributed by atoms with Gasteiger partial charge in [0.25, 0.3) is 5.91 Å². The number of aryl methyl sites for hydroxylation is 2. The molecule has 6 nitrogen and oxygen atoms in total. The maximum atomic E-state index is 13.1. The lowest BCUT2D eigenvalue weighted by Crippen LogP contribution is -2.51. The van der Waals surface area contributed by atoms with Crippen LogP contribution in [0, 0.1) is 19.8 Å². The molecule has 3 saturated heterocycles. The summed E-state index contributed by atoms with van der Waals surface area (Å²) in [5, 5.41) is 0. The second-order valence-corrected chi connectivity index (χ2v) is 8.40. The van der Waals surface area contributed by atoms with E-state index in [9.17, 15) is 9.59 Å². The largest absolute Gasteiger partial charge is 0.347 e. The second-order valence-electron chi connectivity index (χ2n) is 8.40. The standard InChI is InChI=1S/C22H30N2O4/c1-16-12-17(2)14-19(13-16)21(26)24-7-3-4-18(15-24)20(25)23-8-5-22(6-9-23)27-10-11-28-22/h12-14,18H,3-11,15H2,1-2H3. The van der Waals surface area contributed by atoms with E-state index in [1.807, 2.05) is 35.8 Å². The summed E-state index contributed by atoms with van der Waals surface area (Å²) < 4.78 is 11.5. The lowest BCUT2D eigenvalue weighted by molar-refractivity contribution is -0.188. The molecule has 3 heterocycles. The minimum Gasteiger partial charge on any atom is -0.347 e. The number of hydrogen-bond donors (Lipinski definition) is 0. The van der Waals surface area contributed by atoms with Gasteiger partial charge in [0, 0.05) is 44.6 Å². The fourth-order valence-electron chi connectivity index (χ4n) is 4.76. The van der Waals surface area contributed by atoms with Gasteiger partial charge in [-0.05, 0) is 38.8 Å². The number of ether oxygens (including phenoxy) is 2. The first-order valence-corrected chi connectivity index (χ1v) is 10.4. The smallest absolute Gasteiger partial charge is 0.253 e. The van der Waals surface area contributed by atoms with Gasteiger partial charge in [0.15, 0.2) is 5.79 Å². The molecular weight excluding hydrogens is 356 g/mol. The summed E-state index contributed by atoms with van der Waals surface area (Å²) in [6.07, 6.45) is 3.19. The highest BCUT2D eigenvalue weighted by Crippen LogP contribution is 2.32. The van der Waals surface area contributed by atoms with Crippen LogP contribution in [0.25, 0.3) is 0 Å². The van der Waals surface area contributed by atoms with E-state index in [0.717, 1.165) is 48.9 Å². The first-order chi connectivity index (χ1) is 13.5. The summed E-state index contributed by atoms with van der Waals surface area (Å²) in [4.78, 5) is 29.9. The molecule has 0 saturated carbocycles. The Labute approximate surface area is 166 Å². The number of carbonyl (C=O) groups excluding carboxylic acids is 2. The molecule has 28 heavy (non-hydrogen) atoms. The van der Waals surface area contributed by atoms with E-state index in [2.05, 4.69) is 6.07 Å². The lowest BCUT2D eigenvalue weighted by Gasteiger charge is -2.40. The number of carbonyl (C=O) groups is 2. The van der Waals surface area contributed by atoms with Gasteiger partial charge >= 0.3 is 0 Å². The molecule has 0 N–H and O–H groups in total. The van der Waals surface area contributed by atoms with Gasteiger partial charge in [0.2, 0.25) is 5.91 Å². The molecule has 3 aliphatic heterocycles. The average Bonchev–Trinajstić information content (AvgIpc) is 3.15. The molecular formula is C22H30N2O4. The van der Waals surface area contributed by atoms with Crippen LogP contribution in [0.5, 0.6) is 0 Å². The van der Waals surface area contributed by atoms with E-state index in [4.69, 9.17) is 9.47 Å². The molecule has 1 atom stereocenters. The summed E-state index contributed by atoms with van der Waals surface area (Å²) in [5.74, 6) is -0.363. The minimum absolute atomic E-state index is 0.0367. The van der Waals surface area contributed by atoms with Crippen LogP contribution in [0.1, 0.15) is 47.2 Å². The Morgan fingerprint density at radius 3 is 2.25 bits per heavy atom. The van der Waals surface area contributed by atoms with Crippen LogP contribution in [-0.4, -0.2) is 66.8 Å². The van der Waals surface area contributed by atoms with Gasteiger partial charge in [0.05, 0.1) is 19.1 Å². The molecule has 1 spiro atoms. The predicted molar refractivity (Wildman–Crippen MR) is 105 cm³/mol. The molecule has 0 aromatic heterocycles. The van der Waals surface area contributed by atoms with E-state index in [1.54, 1.807) is 0 Å². The van der Waals surface area contributed by atoms with Crippen molar-refractivity contribution < 1.29 is 19.1 Å².